The Labute approximate surface area is 94.8 Å². The van der Waals surface area contributed by atoms with Crippen molar-refractivity contribution in [2.24, 2.45) is 0 Å². The van der Waals surface area contributed by atoms with Gasteiger partial charge in [-0.05, 0) is 18.6 Å². The first-order valence-corrected chi connectivity index (χ1v) is 5.16. The van der Waals surface area contributed by atoms with Gasteiger partial charge in [-0.1, -0.05) is 19.1 Å². The van der Waals surface area contributed by atoms with Crippen molar-refractivity contribution in [2.75, 3.05) is 13.2 Å². The van der Waals surface area contributed by atoms with Gasteiger partial charge in [0.25, 0.3) is 5.91 Å². The number of nitriles is 1. The molecule has 1 rings (SSSR count). The molecular weight excluding hydrogens is 204 g/mol. The van der Waals surface area contributed by atoms with Crippen molar-refractivity contribution in [3.8, 4) is 11.8 Å². The molecule has 0 aliphatic rings. The van der Waals surface area contributed by atoms with Gasteiger partial charge in [-0.3, -0.25) is 4.79 Å². The summed E-state index contributed by atoms with van der Waals surface area (Å²) in [6.45, 7) is 2.56. The van der Waals surface area contributed by atoms with Gasteiger partial charge in [0.2, 0.25) is 0 Å². The number of hydrogen-bond donors (Lipinski definition) is 1. The van der Waals surface area contributed by atoms with Crippen molar-refractivity contribution >= 4 is 5.91 Å². The van der Waals surface area contributed by atoms with Gasteiger partial charge in [-0.2, -0.15) is 5.26 Å². The minimum Gasteiger partial charge on any atom is -0.482 e. The van der Waals surface area contributed by atoms with Crippen LogP contribution in [0.3, 0.4) is 0 Å². The highest BCUT2D eigenvalue weighted by molar-refractivity contribution is 5.77. The second-order valence-corrected chi connectivity index (χ2v) is 3.25. The Morgan fingerprint density at radius 3 is 2.94 bits per heavy atom. The van der Waals surface area contributed by atoms with E-state index in [1.54, 1.807) is 24.3 Å². The fourth-order valence-electron chi connectivity index (χ4n) is 1.14. The molecule has 0 spiro atoms. The lowest BCUT2D eigenvalue weighted by Crippen LogP contribution is -2.29. The van der Waals surface area contributed by atoms with Crippen LogP contribution in [0.25, 0.3) is 0 Å². The molecule has 4 heteroatoms. The molecule has 0 aliphatic carbocycles. The molecular formula is C12H14N2O2. The fraction of sp³-hybridized carbons (Fsp3) is 0.333. The molecule has 0 aliphatic heterocycles. The SMILES string of the molecule is CCCNC(=O)COc1ccccc1C#N. The van der Waals surface area contributed by atoms with Crippen LogP contribution >= 0.6 is 0 Å². The second kappa shape index (κ2) is 6.46. The second-order valence-electron chi connectivity index (χ2n) is 3.25. The van der Waals surface area contributed by atoms with Gasteiger partial charge < -0.3 is 10.1 Å². The monoisotopic (exact) mass is 218 g/mol. The van der Waals surface area contributed by atoms with Crippen LogP contribution in [-0.2, 0) is 4.79 Å². The Bertz CT molecular complexity index is 396. The fourth-order valence-corrected chi connectivity index (χ4v) is 1.14. The average Bonchev–Trinajstić information content (AvgIpc) is 2.34. The minimum absolute atomic E-state index is 0.0569. The number of carbonyl (C=O) groups excluding carboxylic acids is 1. The van der Waals surface area contributed by atoms with E-state index in [4.69, 9.17) is 10.00 Å². The molecule has 84 valence electrons. The van der Waals surface area contributed by atoms with Gasteiger partial charge in [-0.25, -0.2) is 0 Å². The van der Waals surface area contributed by atoms with Crippen LogP contribution in [0.4, 0.5) is 0 Å². The number of nitrogens with zero attached hydrogens (tertiary/aromatic N) is 1. The third-order valence-electron chi connectivity index (χ3n) is 1.94. The van der Waals surface area contributed by atoms with E-state index >= 15 is 0 Å². The molecule has 0 saturated carbocycles. The number of para-hydroxylation sites is 1. The van der Waals surface area contributed by atoms with Crippen LogP contribution in [0.15, 0.2) is 24.3 Å². The zero-order valence-corrected chi connectivity index (χ0v) is 9.19. The van der Waals surface area contributed by atoms with Gasteiger partial charge in [0, 0.05) is 6.54 Å². The van der Waals surface area contributed by atoms with Crippen LogP contribution in [-0.4, -0.2) is 19.1 Å². The number of amides is 1. The predicted octanol–water partition coefficient (Wildman–Crippen LogP) is 1.46. The van der Waals surface area contributed by atoms with Crippen LogP contribution in [0, 0.1) is 11.3 Å². The first-order chi connectivity index (χ1) is 7.77. The van der Waals surface area contributed by atoms with Gasteiger partial charge in [0.15, 0.2) is 6.61 Å². The van der Waals surface area contributed by atoms with E-state index in [-0.39, 0.29) is 12.5 Å². The smallest absolute Gasteiger partial charge is 0.257 e. The number of hydrogen-bond acceptors (Lipinski definition) is 3. The van der Waals surface area contributed by atoms with Crippen LogP contribution < -0.4 is 10.1 Å². The van der Waals surface area contributed by atoms with Gasteiger partial charge in [-0.15, -0.1) is 0 Å². The number of nitrogens with one attached hydrogen (secondary N) is 1. The largest absolute Gasteiger partial charge is 0.482 e. The van der Waals surface area contributed by atoms with Crippen molar-refractivity contribution in [3.63, 3.8) is 0 Å². The maximum Gasteiger partial charge on any atom is 0.257 e. The number of carbonyl (C=O) groups is 1. The number of ether oxygens (including phenoxy) is 1. The first-order valence-electron chi connectivity index (χ1n) is 5.16. The molecule has 16 heavy (non-hydrogen) atoms. The Kier molecular flexibility index (Phi) is 4.87. The summed E-state index contributed by atoms with van der Waals surface area (Å²) in [6.07, 6.45) is 0.889. The van der Waals surface area contributed by atoms with E-state index in [2.05, 4.69) is 5.32 Å². The molecule has 1 N–H and O–H groups in total. The van der Waals surface area contributed by atoms with Crippen molar-refractivity contribution in [1.29, 1.82) is 5.26 Å². The highest BCUT2D eigenvalue weighted by atomic mass is 16.5. The molecule has 0 radical (unpaired) electrons. The van der Waals surface area contributed by atoms with Crippen molar-refractivity contribution in [3.05, 3.63) is 29.8 Å². The zero-order valence-electron chi connectivity index (χ0n) is 9.19. The lowest BCUT2D eigenvalue weighted by Gasteiger charge is -2.07. The maximum absolute atomic E-state index is 11.3. The Hall–Kier alpha value is -2.02. The molecule has 0 fully saturated rings. The standard InChI is InChI=1S/C12H14N2O2/c1-2-7-14-12(15)9-16-11-6-4-3-5-10(11)8-13/h3-6H,2,7,9H2,1H3,(H,14,15). The predicted molar refractivity (Wildman–Crippen MR) is 60.0 cm³/mol. The third-order valence-corrected chi connectivity index (χ3v) is 1.94. The molecule has 0 unspecified atom stereocenters. The van der Waals surface area contributed by atoms with E-state index < -0.39 is 0 Å². The number of benzene rings is 1. The summed E-state index contributed by atoms with van der Waals surface area (Å²) >= 11 is 0. The van der Waals surface area contributed by atoms with E-state index in [0.717, 1.165) is 6.42 Å². The summed E-state index contributed by atoms with van der Waals surface area (Å²) < 4.78 is 5.25. The summed E-state index contributed by atoms with van der Waals surface area (Å²) in [5.74, 6) is 0.270. The summed E-state index contributed by atoms with van der Waals surface area (Å²) in [5, 5.41) is 11.5. The maximum atomic E-state index is 11.3. The van der Waals surface area contributed by atoms with Crippen LogP contribution in [0.5, 0.6) is 5.75 Å². The number of rotatable bonds is 5. The highest BCUT2D eigenvalue weighted by Gasteiger charge is 2.04. The summed E-state index contributed by atoms with van der Waals surface area (Å²) in [7, 11) is 0. The molecule has 0 heterocycles. The summed E-state index contributed by atoms with van der Waals surface area (Å²) in [5.41, 5.74) is 0.436. The van der Waals surface area contributed by atoms with Gasteiger partial charge in [0.1, 0.15) is 11.8 Å². The molecule has 0 bridgehead atoms. The lowest BCUT2D eigenvalue weighted by atomic mass is 10.2. The Morgan fingerprint density at radius 1 is 1.50 bits per heavy atom. The summed E-state index contributed by atoms with van der Waals surface area (Å²) in [4.78, 5) is 11.3. The van der Waals surface area contributed by atoms with E-state index in [0.29, 0.717) is 17.9 Å². The van der Waals surface area contributed by atoms with Crippen LogP contribution in [0.2, 0.25) is 0 Å². The third kappa shape index (κ3) is 3.62. The normalized spacial score (nSPS) is 9.25. The van der Waals surface area contributed by atoms with Gasteiger partial charge in [0.05, 0.1) is 5.56 Å². The van der Waals surface area contributed by atoms with Gasteiger partial charge >= 0.3 is 0 Å². The van der Waals surface area contributed by atoms with Crippen LogP contribution in [0.1, 0.15) is 18.9 Å². The average molecular weight is 218 g/mol. The highest BCUT2D eigenvalue weighted by Crippen LogP contribution is 2.15. The van der Waals surface area contributed by atoms with Crippen molar-refractivity contribution < 1.29 is 9.53 Å². The summed E-state index contributed by atoms with van der Waals surface area (Å²) in [6, 6.07) is 8.85. The van der Waals surface area contributed by atoms with E-state index in [9.17, 15) is 4.79 Å². The quantitative estimate of drug-likeness (QED) is 0.813. The van der Waals surface area contributed by atoms with E-state index in [1.165, 1.54) is 0 Å². The zero-order chi connectivity index (χ0) is 11.8. The Balaban J connectivity index is 2.48. The molecule has 1 aromatic rings. The van der Waals surface area contributed by atoms with Crippen molar-refractivity contribution in [1.82, 2.24) is 5.32 Å². The first kappa shape index (κ1) is 12.1. The molecule has 0 saturated heterocycles. The van der Waals surface area contributed by atoms with E-state index in [1.807, 2.05) is 13.0 Å². The molecule has 1 amide bonds. The lowest BCUT2D eigenvalue weighted by molar-refractivity contribution is -0.123. The topological polar surface area (TPSA) is 62.1 Å². The molecule has 1 aromatic carbocycles. The van der Waals surface area contributed by atoms with Crippen molar-refractivity contribution in [2.45, 2.75) is 13.3 Å². The molecule has 4 nitrogen and oxygen atoms in total. The molecule has 0 atom stereocenters. The molecule has 0 aromatic heterocycles. The Morgan fingerprint density at radius 2 is 2.25 bits per heavy atom. The minimum atomic E-state index is -0.172.